The molecule has 23 heavy (non-hydrogen) atoms. The van der Waals surface area contributed by atoms with E-state index in [1.807, 2.05) is 0 Å². The number of esters is 1. The Bertz CT molecular complexity index is 706. The van der Waals surface area contributed by atoms with E-state index in [2.05, 4.69) is 5.32 Å². The minimum atomic E-state index is -3.07. The zero-order chi connectivity index (χ0) is 16.9. The number of hydrogen-bond acceptors (Lipinski definition) is 5. The molecule has 1 N–H and O–H groups in total. The van der Waals surface area contributed by atoms with Gasteiger partial charge in [-0.25, -0.2) is 13.2 Å². The van der Waals surface area contributed by atoms with Crippen molar-refractivity contribution >= 4 is 33.5 Å². The first-order valence-corrected chi connectivity index (χ1v) is 9.18. The number of hydrogen-bond donors (Lipinski definition) is 1. The summed E-state index contributed by atoms with van der Waals surface area (Å²) in [7, 11) is -3.07. The molecule has 1 saturated heterocycles. The Morgan fingerprint density at radius 2 is 2.00 bits per heavy atom. The molecule has 0 spiro atoms. The van der Waals surface area contributed by atoms with Gasteiger partial charge in [-0.3, -0.25) is 4.79 Å². The smallest absolute Gasteiger partial charge is 0.330 e. The Kier molecular flexibility index (Phi) is 5.54. The topological polar surface area (TPSA) is 89.5 Å². The normalized spacial score (nSPS) is 19.6. The zero-order valence-corrected chi connectivity index (χ0v) is 13.6. The van der Waals surface area contributed by atoms with Crippen LogP contribution in [-0.2, 0) is 24.2 Å². The first-order valence-electron chi connectivity index (χ1n) is 7.36. The van der Waals surface area contributed by atoms with Gasteiger partial charge in [0.15, 0.2) is 9.84 Å². The van der Waals surface area contributed by atoms with Gasteiger partial charge in [0.1, 0.15) is 0 Å². The lowest BCUT2D eigenvalue weighted by Crippen LogP contribution is -2.23. The summed E-state index contributed by atoms with van der Waals surface area (Å²) in [6, 6.07) is 6.89. The molecular weight excluding hydrogens is 318 g/mol. The Balaban J connectivity index is 1.92. The molecule has 1 aliphatic rings. The molecule has 1 aromatic rings. The minimum Gasteiger partial charge on any atom is -0.463 e. The fourth-order valence-corrected chi connectivity index (χ4v) is 4.02. The van der Waals surface area contributed by atoms with E-state index >= 15 is 0 Å². The van der Waals surface area contributed by atoms with Gasteiger partial charge in [0, 0.05) is 11.8 Å². The minimum absolute atomic E-state index is 0.0721. The van der Waals surface area contributed by atoms with E-state index in [0.29, 0.717) is 18.7 Å². The van der Waals surface area contributed by atoms with Crippen molar-refractivity contribution in [3.8, 4) is 0 Å². The summed E-state index contributed by atoms with van der Waals surface area (Å²) in [5, 5.41) is 2.71. The molecular formula is C16H19NO5S. The van der Waals surface area contributed by atoms with Gasteiger partial charge in [-0.15, -0.1) is 0 Å². The van der Waals surface area contributed by atoms with Crippen LogP contribution in [0.1, 0.15) is 18.9 Å². The van der Waals surface area contributed by atoms with Gasteiger partial charge in [-0.2, -0.15) is 0 Å². The van der Waals surface area contributed by atoms with E-state index in [1.165, 1.54) is 6.08 Å². The first kappa shape index (κ1) is 17.2. The van der Waals surface area contributed by atoms with Crippen LogP contribution in [0.4, 0.5) is 5.69 Å². The van der Waals surface area contributed by atoms with Crippen molar-refractivity contribution in [2.24, 2.45) is 5.92 Å². The third-order valence-electron chi connectivity index (χ3n) is 3.48. The number of carbonyl (C=O) groups excluding carboxylic acids is 2. The van der Waals surface area contributed by atoms with Gasteiger partial charge in [0.05, 0.1) is 24.0 Å². The fourth-order valence-electron chi connectivity index (χ4n) is 2.28. The predicted octanol–water partition coefficient (Wildman–Crippen LogP) is 1.64. The number of ether oxygens (including phenoxy) is 1. The van der Waals surface area contributed by atoms with Crippen molar-refractivity contribution in [3.05, 3.63) is 35.9 Å². The number of nitrogens with one attached hydrogen (secondary N) is 1. The molecule has 7 heteroatoms. The lowest BCUT2D eigenvalue weighted by molar-refractivity contribution is -0.137. The summed E-state index contributed by atoms with van der Waals surface area (Å²) < 4.78 is 27.6. The maximum Gasteiger partial charge on any atom is 0.330 e. The predicted molar refractivity (Wildman–Crippen MR) is 87.5 cm³/mol. The van der Waals surface area contributed by atoms with Gasteiger partial charge in [-0.05, 0) is 37.1 Å². The number of benzene rings is 1. The van der Waals surface area contributed by atoms with E-state index in [0.717, 1.165) is 5.56 Å². The summed E-state index contributed by atoms with van der Waals surface area (Å²) in [6.45, 7) is 2.06. The molecule has 0 radical (unpaired) electrons. The highest BCUT2D eigenvalue weighted by Gasteiger charge is 2.32. The maximum atomic E-state index is 12.0. The third-order valence-corrected chi connectivity index (χ3v) is 5.25. The lowest BCUT2D eigenvalue weighted by atomic mass is 10.1. The number of rotatable bonds is 5. The first-order chi connectivity index (χ1) is 10.9. The Hall–Kier alpha value is -2.15. The zero-order valence-electron chi connectivity index (χ0n) is 12.8. The van der Waals surface area contributed by atoms with Crippen molar-refractivity contribution in [2.45, 2.75) is 13.3 Å². The molecule has 0 aliphatic carbocycles. The highest BCUT2D eigenvalue weighted by molar-refractivity contribution is 7.91. The monoisotopic (exact) mass is 337 g/mol. The second-order valence-electron chi connectivity index (χ2n) is 5.30. The van der Waals surface area contributed by atoms with Crippen molar-refractivity contribution in [3.63, 3.8) is 0 Å². The molecule has 1 atom stereocenters. The van der Waals surface area contributed by atoms with E-state index in [9.17, 15) is 18.0 Å². The lowest BCUT2D eigenvalue weighted by Gasteiger charge is -2.09. The summed E-state index contributed by atoms with van der Waals surface area (Å²) >= 11 is 0. The molecule has 0 aromatic heterocycles. The Labute approximate surface area is 135 Å². The van der Waals surface area contributed by atoms with Crippen LogP contribution in [0.3, 0.4) is 0 Å². The van der Waals surface area contributed by atoms with Crippen LogP contribution in [0.25, 0.3) is 6.08 Å². The highest BCUT2D eigenvalue weighted by atomic mass is 32.2. The Morgan fingerprint density at radius 1 is 1.30 bits per heavy atom. The average molecular weight is 337 g/mol. The molecule has 1 heterocycles. The van der Waals surface area contributed by atoms with Crippen LogP contribution >= 0.6 is 0 Å². The molecule has 6 nitrogen and oxygen atoms in total. The SMILES string of the molecule is CCOC(=O)/C=C/c1ccc(NC(=O)C2CCS(=O)(=O)C2)cc1. The van der Waals surface area contributed by atoms with Crippen molar-refractivity contribution in [1.29, 1.82) is 0 Å². The van der Waals surface area contributed by atoms with Gasteiger partial charge in [0.2, 0.25) is 5.91 Å². The van der Waals surface area contributed by atoms with E-state index in [1.54, 1.807) is 37.3 Å². The van der Waals surface area contributed by atoms with Crippen molar-refractivity contribution in [2.75, 3.05) is 23.4 Å². The van der Waals surface area contributed by atoms with Crippen LogP contribution in [0.5, 0.6) is 0 Å². The standard InChI is InChI=1S/C16H19NO5S/c1-2-22-15(18)8-5-12-3-6-14(7-4-12)17-16(19)13-9-10-23(20,21)11-13/h3-8,13H,2,9-11H2,1H3,(H,17,19)/b8-5+. The molecule has 1 aromatic carbocycles. The molecule has 0 bridgehead atoms. The van der Waals surface area contributed by atoms with Crippen LogP contribution in [0.2, 0.25) is 0 Å². The van der Waals surface area contributed by atoms with Gasteiger partial charge < -0.3 is 10.1 Å². The average Bonchev–Trinajstić information content (AvgIpc) is 2.87. The number of sulfone groups is 1. The van der Waals surface area contributed by atoms with Crippen LogP contribution in [-0.4, -0.2) is 38.4 Å². The fraction of sp³-hybridized carbons (Fsp3) is 0.375. The van der Waals surface area contributed by atoms with Crippen LogP contribution < -0.4 is 5.32 Å². The summed E-state index contributed by atoms with van der Waals surface area (Å²) in [5.74, 6) is -1.18. The van der Waals surface area contributed by atoms with E-state index in [4.69, 9.17) is 4.74 Å². The number of carbonyl (C=O) groups is 2. The second-order valence-corrected chi connectivity index (χ2v) is 7.53. The quantitative estimate of drug-likeness (QED) is 0.651. The molecule has 1 amide bonds. The summed E-state index contributed by atoms with van der Waals surface area (Å²) in [5.41, 5.74) is 1.38. The van der Waals surface area contributed by atoms with Crippen LogP contribution in [0, 0.1) is 5.92 Å². The molecule has 124 valence electrons. The summed E-state index contributed by atoms with van der Waals surface area (Å²) in [6.07, 6.45) is 3.32. The van der Waals surface area contributed by atoms with Crippen molar-refractivity contribution in [1.82, 2.24) is 0 Å². The second kappa shape index (κ2) is 7.41. The number of anilines is 1. The van der Waals surface area contributed by atoms with E-state index < -0.39 is 21.7 Å². The molecule has 1 unspecified atom stereocenters. The van der Waals surface area contributed by atoms with Gasteiger partial charge >= 0.3 is 5.97 Å². The number of amides is 1. The summed E-state index contributed by atoms with van der Waals surface area (Å²) in [4.78, 5) is 23.2. The molecule has 2 rings (SSSR count). The maximum absolute atomic E-state index is 12.0. The Morgan fingerprint density at radius 3 is 2.57 bits per heavy atom. The largest absolute Gasteiger partial charge is 0.463 e. The third kappa shape index (κ3) is 5.21. The molecule has 1 aliphatic heterocycles. The van der Waals surface area contributed by atoms with Crippen molar-refractivity contribution < 1.29 is 22.7 Å². The highest BCUT2D eigenvalue weighted by Crippen LogP contribution is 2.20. The van der Waals surface area contributed by atoms with E-state index in [-0.39, 0.29) is 17.4 Å². The van der Waals surface area contributed by atoms with Crippen LogP contribution in [0.15, 0.2) is 30.3 Å². The van der Waals surface area contributed by atoms with Gasteiger partial charge in [-0.1, -0.05) is 12.1 Å². The molecule has 1 fully saturated rings. The molecule has 0 saturated carbocycles. The van der Waals surface area contributed by atoms with Gasteiger partial charge in [0.25, 0.3) is 0 Å².